The molecule has 2 heterocycles. The summed E-state index contributed by atoms with van der Waals surface area (Å²) in [5, 5.41) is 3.87. The summed E-state index contributed by atoms with van der Waals surface area (Å²) in [4.78, 5) is 20.1. The number of hydrogen-bond donors (Lipinski definition) is 0. The van der Waals surface area contributed by atoms with Crippen molar-refractivity contribution in [2.75, 3.05) is 0 Å². The van der Waals surface area contributed by atoms with Crippen molar-refractivity contribution in [2.45, 2.75) is 40.2 Å². The fourth-order valence-corrected chi connectivity index (χ4v) is 2.08. The highest BCUT2D eigenvalue weighted by Crippen LogP contribution is 2.17. The van der Waals surface area contributed by atoms with Crippen LogP contribution in [0.5, 0.6) is 0 Å². The third kappa shape index (κ3) is 2.91. The Hall–Kier alpha value is -1.50. The monoisotopic (exact) mass is 326 g/mol. The lowest BCUT2D eigenvalue weighted by Gasteiger charge is -2.09. The van der Waals surface area contributed by atoms with Gasteiger partial charge in [0.15, 0.2) is 5.82 Å². The van der Waals surface area contributed by atoms with E-state index >= 15 is 0 Å². The Bertz CT molecular complexity index is 648. The van der Waals surface area contributed by atoms with Gasteiger partial charge in [0.05, 0.1) is 10.2 Å². The molecule has 0 amide bonds. The predicted molar refractivity (Wildman–Crippen MR) is 73.1 cm³/mol. The van der Waals surface area contributed by atoms with Crippen LogP contribution < -0.4 is 5.69 Å². The molecular formula is C12H15BrN4O2. The van der Waals surface area contributed by atoms with Crippen LogP contribution in [0.2, 0.25) is 0 Å². The zero-order valence-electron chi connectivity index (χ0n) is 11.1. The average Bonchev–Trinajstić information content (AvgIpc) is 2.80. The van der Waals surface area contributed by atoms with Gasteiger partial charge in [0, 0.05) is 12.1 Å². The molecule has 2 aromatic heterocycles. The normalized spacial score (nSPS) is 10.9. The van der Waals surface area contributed by atoms with Crippen LogP contribution in [0.25, 0.3) is 0 Å². The molecule has 0 bridgehead atoms. The summed E-state index contributed by atoms with van der Waals surface area (Å²) in [5.74, 6) is 1.09. The van der Waals surface area contributed by atoms with Crippen LogP contribution in [0.1, 0.15) is 36.4 Å². The van der Waals surface area contributed by atoms with E-state index in [1.165, 1.54) is 4.57 Å². The molecule has 0 saturated carbocycles. The van der Waals surface area contributed by atoms with Crippen molar-refractivity contribution in [3.05, 3.63) is 38.1 Å². The first-order valence-corrected chi connectivity index (χ1v) is 6.87. The van der Waals surface area contributed by atoms with E-state index < -0.39 is 0 Å². The van der Waals surface area contributed by atoms with E-state index in [-0.39, 0.29) is 12.2 Å². The van der Waals surface area contributed by atoms with Crippen molar-refractivity contribution in [1.82, 2.24) is 19.7 Å². The van der Waals surface area contributed by atoms with Crippen LogP contribution in [0, 0.1) is 13.8 Å². The molecule has 0 saturated heterocycles. The topological polar surface area (TPSA) is 73.8 Å². The van der Waals surface area contributed by atoms with Crippen molar-refractivity contribution in [3.63, 3.8) is 0 Å². The highest BCUT2D eigenvalue weighted by atomic mass is 79.9. The Kier molecular flexibility index (Phi) is 4.14. The van der Waals surface area contributed by atoms with E-state index in [4.69, 9.17) is 4.52 Å². The summed E-state index contributed by atoms with van der Waals surface area (Å²) in [6.07, 6.45) is 1.73. The second kappa shape index (κ2) is 5.64. The summed E-state index contributed by atoms with van der Waals surface area (Å²) >= 11 is 3.42. The van der Waals surface area contributed by atoms with Gasteiger partial charge in [0.1, 0.15) is 6.54 Å². The third-order valence-corrected chi connectivity index (χ3v) is 3.96. The van der Waals surface area contributed by atoms with E-state index in [1.807, 2.05) is 13.8 Å². The van der Waals surface area contributed by atoms with Crippen molar-refractivity contribution in [1.29, 1.82) is 0 Å². The highest BCUT2D eigenvalue weighted by Gasteiger charge is 2.13. The smallest absolute Gasteiger partial charge is 0.337 e. The number of aromatic nitrogens is 4. The molecule has 2 aromatic rings. The lowest BCUT2D eigenvalue weighted by atomic mass is 10.3. The molecule has 0 aromatic carbocycles. The van der Waals surface area contributed by atoms with Crippen molar-refractivity contribution in [3.8, 4) is 0 Å². The van der Waals surface area contributed by atoms with Gasteiger partial charge in [-0.3, -0.25) is 4.57 Å². The molecule has 102 valence electrons. The van der Waals surface area contributed by atoms with Gasteiger partial charge in [0.2, 0.25) is 5.89 Å². The van der Waals surface area contributed by atoms with E-state index in [2.05, 4.69) is 31.1 Å². The Balaban J connectivity index is 2.32. The second-order valence-electron chi connectivity index (χ2n) is 4.32. The molecule has 0 aliphatic rings. The molecule has 19 heavy (non-hydrogen) atoms. The van der Waals surface area contributed by atoms with Gasteiger partial charge in [-0.05, 0) is 36.2 Å². The largest absolute Gasteiger partial charge is 0.348 e. The second-order valence-corrected chi connectivity index (χ2v) is 5.11. The van der Waals surface area contributed by atoms with Crippen LogP contribution in [0.4, 0.5) is 0 Å². The summed E-state index contributed by atoms with van der Waals surface area (Å²) in [6, 6.07) is 0. The fraction of sp³-hybridized carbons (Fsp3) is 0.500. The molecule has 0 unspecified atom stereocenters. The molecule has 2 rings (SSSR count). The van der Waals surface area contributed by atoms with Crippen molar-refractivity contribution in [2.24, 2.45) is 0 Å². The van der Waals surface area contributed by atoms with Gasteiger partial charge in [-0.1, -0.05) is 12.1 Å². The summed E-state index contributed by atoms with van der Waals surface area (Å²) in [5.41, 5.74) is 1.16. The van der Waals surface area contributed by atoms with Gasteiger partial charge in [0.25, 0.3) is 0 Å². The Labute approximate surface area is 119 Å². The average molecular weight is 327 g/mol. The van der Waals surface area contributed by atoms with Crippen LogP contribution in [-0.4, -0.2) is 19.7 Å². The summed E-state index contributed by atoms with van der Waals surface area (Å²) in [7, 11) is 0. The molecular weight excluding hydrogens is 312 g/mol. The van der Waals surface area contributed by atoms with Crippen molar-refractivity contribution >= 4 is 15.9 Å². The predicted octanol–water partition coefficient (Wildman–Crippen LogP) is 2.01. The van der Waals surface area contributed by atoms with Gasteiger partial charge < -0.3 is 4.52 Å². The summed E-state index contributed by atoms with van der Waals surface area (Å²) in [6.45, 7) is 5.93. The van der Waals surface area contributed by atoms with Gasteiger partial charge in [-0.2, -0.15) is 9.97 Å². The lowest BCUT2D eigenvalue weighted by molar-refractivity contribution is 0.362. The number of hydrogen-bond acceptors (Lipinski definition) is 5. The maximum Gasteiger partial charge on any atom is 0.348 e. The number of rotatable bonds is 4. The zero-order chi connectivity index (χ0) is 14.0. The zero-order valence-corrected chi connectivity index (χ0v) is 12.7. The third-order valence-electron chi connectivity index (χ3n) is 2.81. The molecule has 0 spiro atoms. The van der Waals surface area contributed by atoms with E-state index in [9.17, 15) is 4.79 Å². The van der Waals surface area contributed by atoms with E-state index in [0.29, 0.717) is 17.4 Å². The van der Waals surface area contributed by atoms with Gasteiger partial charge in [-0.25, -0.2) is 4.79 Å². The first-order chi connectivity index (χ1) is 9.02. The first kappa shape index (κ1) is 13.9. The van der Waals surface area contributed by atoms with E-state index in [1.54, 1.807) is 6.92 Å². The molecule has 0 radical (unpaired) electrons. The molecule has 6 nitrogen and oxygen atoms in total. The standard InChI is InChI=1S/C12H15BrN4O2/c1-4-5-9-15-10(19-16-9)6-17-8(3)11(13)7(2)14-12(17)18/h4-6H2,1-3H3. The molecule has 0 atom stereocenters. The SMILES string of the molecule is CCCc1noc(Cn2c(C)c(Br)c(C)nc2=O)n1. The molecule has 0 N–H and O–H groups in total. The van der Waals surface area contributed by atoms with Crippen LogP contribution in [0.15, 0.2) is 13.8 Å². The Morgan fingerprint density at radius 2 is 2.05 bits per heavy atom. The molecule has 7 heteroatoms. The Morgan fingerprint density at radius 1 is 1.32 bits per heavy atom. The van der Waals surface area contributed by atoms with Gasteiger partial charge in [-0.15, -0.1) is 0 Å². The highest BCUT2D eigenvalue weighted by molar-refractivity contribution is 9.10. The molecule has 0 aliphatic carbocycles. The minimum absolute atomic E-state index is 0.243. The maximum absolute atomic E-state index is 11.9. The van der Waals surface area contributed by atoms with Crippen LogP contribution in [-0.2, 0) is 13.0 Å². The fourth-order valence-electron chi connectivity index (χ4n) is 1.78. The van der Waals surface area contributed by atoms with Crippen LogP contribution >= 0.6 is 15.9 Å². The quantitative estimate of drug-likeness (QED) is 0.859. The minimum Gasteiger partial charge on any atom is -0.337 e. The lowest BCUT2D eigenvalue weighted by Crippen LogP contribution is -2.27. The van der Waals surface area contributed by atoms with E-state index in [0.717, 1.165) is 23.0 Å². The van der Waals surface area contributed by atoms with Gasteiger partial charge >= 0.3 is 5.69 Å². The minimum atomic E-state index is -0.312. The number of aryl methyl sites for hydroxylation is 2. The first-order valence-electron chi connectivity index (χ1n) is 6.08. The number of halogens is 1. The van der Waals surface area contributed by atoms with Crippen molar-refractivity contribution < 1.29 is 4.52 Å². The maximum atomic E-state index is 11.9. The Morgan fingerprint density at radius 3 is 2.74 bits per heavy atom. The van der Waals surface area contributed by atoms with Crippen LogP contribution in [0.3, 0.4) is 0 Å². The summed E-state index contributed by atoms with van der Waals surface area (Å²) < 4.78 is 7.47. The number of nitrogens with zero attached hydrogens (tertiary/aromatic N) is 4. The molecule has 0 fully saturated rings. The molecule has 0 aliphatic heterocycles.